The lowest BCUT2D eigenvalue weighted by molar-refractivity contribution is -0.133. The SMILES string of the molecule is Cc1ccc2c(c1)N(CC(=O)N1CCN(C)CC1)C(=O)CO2. The lowest BCUT2D eigenvalue weighted by Gasteiger charge is -2.35. The van der Waals surface area contributed by atoms with Crippen molar-refractivity contribution in [2.75, 3.05) is 51.3 Å². The molecule has 0 atom stereocenters. The van der Waals surface area contributed by atoms with E-state index in [1.165, 1.54) is 0 Å². The van der Waals surface area contributed by atoms with E-state index in [9.17, 15) is 9.59 Å². The number of ether oxygens (including phenoxy) is 1. The van der Waals surface area contributed by atoms with Gasteiger partial charge in [-0.3, -0.25) is 14.5 Å². The molecule has 3 rings (SSSR count). The summed E-state index contributed by atoms with van der Waals surface area (Å²) in [7, 11) is 2.05. The molecule has 0 aliphatic carbocycles. The van der Waals surface area contributed by atoms with Crippen molar-refractivity contribution in [3.05, 3.63) is 23.8 Å². The molecular weight excluding hydrogens is 282 g/mol. The van der Waals surface area contributed by atoms with Crippen LogP contribution in [-0.2, 0) is 9.59 Å². The highest BCUT2D eigenvalue weighted by atomic mass is 16.5. The molecule has 118 valence electrons. The van der Waals surface area contributed by atoms with E-state index in [2.05, 4.69) is 4.90 Å². The van der Waals surface area contributed by atoms with Crippen LogP contribution in [-0.4, -0.2) is 68.0 Å². The first-order chi connectivity index (χ1) is 10.5. The molecule has 22 heavy (non-hydrogen) atoms. The Kier molecular flexibility index (Phi) is 4.02. The van der Waals surface area contributed by atoms with Gasteiger partial charge in [0.1, 0.15) is 12.3 Å². The van der Waals surface area contributed by atoms with Gasteiger partial charge in [0, 0.05) is 26.2 Å². The third-order valence-corrected chi connectivity index (χ3v) is 4.21. The lowest BCUT2D eigenvalue weighted by atomic mass is 10.1. The Morgan fingerprint density at radius 2 is 1.95 bits per heavy atom. The van der Waals surface area contributed by atoms with Crippen molar-refractivity contribution < 1.29 is 14.3 Å². The largest absolute Gasteiger partial charge is 0.482 e. The van der Waals surface area contributed by atoms with Crippen LogP contribution in [0.15, 0.2) is 18.2 Å². The second-order valence-corrected chi connectivity index (χ2v) is 5.92. The molecule has 1 aromatic carbocycles. The highest BCUT2D eigenvalue weighted by molar-refractivity contribution is 6.02. The minimum Gasteiger partial charge on any atom is -0.482 e. The first-order valence-corrected chi connectivity index (χ1v) is 7.55. The number of hydrogen-bond donors (Lipinski definition) is 0. The van der Waals surface area contributed by atoms with E-state index in [0.29, 0.717) is 24.5 Å². The Balaban J connectivity index is 1.75. The van der Waals surface area contributed by atoms with Crippen molar-refractivity contribution in [1.29, 1.82) is 0 Å². The van der Waals surface area contributed by atoms with E-state index in [1.54, 1.807) is 4.90 Å². The molecule has 0 N–H and O–H groups in total. The summed E-state index contributed by atoms with van der Waals surface area (Å²) in [5.74, 6) is 0.493. The standard InChI is InChI=1S/C16H21N3O3/c1-12-3-4-14-13(9-12)19(16(21)11-22-14)10-15(20)18-7-5-17(2)6-8-18/h3-4,9H,5-8,10-11H2,1-2H3. The van der Waals surface area contributed by atoms with Crippen LogP contribution in [0.4, 0.5) is 5.69 Å². The van der Waals surface area contributed by atoms with Gasteiger partial charge in [-0.2, -0.15) is 0 Å². The number of carbonyl (C=O) groups is 2. The van der Waals surface area contributed by atoms with Gasteiger partial charge in [-0.05, 0) is 31.7 Å². The second-order valence-electron chi connectivity index (χ2n) is 5.92. The van der Waals surface area contributed by atoms with E-state index in [4.69, 9.17) is 4.74 Å². The molecule has 1 fully saturated rings. The first kappa shape index (κ1) is 14.8. The van der Waals surface area contributed by atoms with Crippen LogP contribution in [0.2, 0.25) is 0 Å². The summed E-state index contributed by atoms with van der Waals surface area (Å²) >= 11 is 0. The van der Waals surface area contributed by atoms with Gasteiger partial charge in [-0.15, -0.1) is 0 Å². The van der Waals surface area contributed by atoms with Gasteiger partial charge >= 0.3 is 0 Å². The van der Waals surface area contributed by atoms with E-state index in [-0.39, 0.29) is 25.0 Å². The normalized spacial score (nSPS) is 18.9. The number of likely N-dealkylation sites (N-methyl/N-ethyl adjacent to an activating group) is 1. The molecule has 6 nitrogen and oxygen atoms in total. The maximum Gasteiger partial charge on any atom is 0.265 e. The minimum absolute atomic E-state index is 0.00388. The van der Waals surface area contributed by atoms with Gasteiger partial charge in [0.2, 0.25) is 5.91 Å². The Morgan fingerprint density at radius 3 is 2.68 bits per heavy atom. The molecule has 0 aromatic heterocycles. The van der Waals surface area contributed by atoms with Gasteiger partial charge in [0.05, 0.1) is 5.69 Å². The highest BCUT2D eigenvalue weighted by Gasteiger charge is 2.29. The molecule has 0 radical (unpaired) electrons. The number of rotatable bonds is 2. The summed E-state index contributed by atoms with van der Waals surface area (Å²) in [5, 5.41) is 0. The monoisotopic (exact) mass is 303 g/mol. The van der Waals surface area contributed by atoms with Gasteiger partial charge in [0.25, 0.3) is 5.91 Å². The molecule has 2 heterocycles. The summed E-state index contributed by atoms with van der Waals surface area (Å²) in [5.41, 5.74) is 1.73. The number of nitrogens with zero attached hydrogens (tertiary/aromatic N) is 3. The maximum absolute atomic E-state index is 12.5. The molecule has 1 saturated heterocycles. The lowest BCUT2D eigenvalue weighted by Crippen LogP contribution is -2.52. The topological polar surface area (TPSA) is 53.1 Å². The molecule has 1 aromatic rings. The van der Waals surface area contributed by atoms with Crippen LogP contribution in [0.1, 0.15) is 5.56 Å². The molecule has 6 heteroatoms. The zero-order valence-corrected chi connectivity index (χ0v) is 13.0. The van der Waals surface area contributed by atoms with Crippen molar-refractivity contribution in [3.63, 3.8) is 0 Å². The zero-order chi connectivity index (χ0) is 15.7. The molecule has 0 saturated carbocycles. The average Bonchev–Trinajstić information content (AvgIpc) is 2.51. The van der Waals surface area contributed by atoms with Crippen molar-refractivity contribution in [3.8, 4) is 5.75 Å². The molecule has 0 bridgehead atoms. The molecule has 2 amide bonds. The van der Waals surface area contributed by atoms with Gasteiger partial charge < -0.3 is 14.5 Å². The number of benzene rings is 1. The number of fused-ring (bicyclic) bond motifs is 1. The van der Waals surface area contributed by atoms with Crippen LogP contribution in [0, 0.1) is 6.92 Å². The second kappa shape index (κ2) is 5.96. The van der Waals surface area contributed by atoms with E-state index in [1.807, 2.05) is 37.1 Å². The van der Waals surface area contributed by atoms with Crippen LogP contribution in [0.3, 0.4) is 0 Å². The summed E-state index contributed by atoms with van der Waals surface area (Å²) in [6.07, 6.45) is 0. The zero-order valence-electron chi connectivity index (χ0n) is 13.0. The van der Waals surface area contributed by atoms with Crippen LogP contribution in [0.25, 0.3) is 0 Å². The molecule has 0 spiro atoms. The molecule has 2 aliphatic rings. The maximum atomic E-state index is 12.5. The third kappa shape index (κ3) is 2.92. The number of aryl methyl sites for hydroxylation is 1. The van der Waals surface area contributed by atoms with Gasteiger partial charge in [0.15, 0.2) is 6.61 Å². The first-order valence-electron chi connectivity index (χ1n) is 7.55. The number of piperazine rings is 1. The van der Waals surface area contributed by atoms with Crippen molar-refractivity contribution in [2.45, 2.75) is 6.92 Å². The Labute approximate surface area is 130 Å². The van der Waals surface area contributed by atoms with E-state index < -0.39 is 0 Å². The van der Waals surface area contributed by atoms with Crippen molar-refractivity contribution in [2.24, 2.45) is 0 Å². The average molecular weight is 303 g/mol. The molecule has 2 aliphatic heterocycles. The number of anilines is 1. The smallest absolute Gasteiger partial charge is 0.265 e. The predicted octanol–water partition coefficient (Wildman–Crippen LogP) is 0.494. The fraction of sp³-hybridized carbons (Fsp3) is 0.500. The minimum atomic E-state index is -0.166. The van der Waals surface area contributed by atoms with Crippen LogP contribution < -0.4 is 9.64 Å². The highest BCUT2D eigenvalue weighted by Crippen LogP contribution is 2.32. The molecular formula is C16H21N3O3. The van der Waals surface area contributed by atoms with Gasteiger partial charge in [-0.25, -0.2) is 0 Å². The summed E-state index contributed by atoms with van der Waals surface area (Å²) in [6, 6.07) is 5.68. The fourth-order valence-corrected chi connectivity index (χ4v) is 2.78. The van der Waals surface area contributed by atoms with Gasteiger partial charge in [-0.1, -0.05) is 6.07 Å². The quantitative estimate of drug-likeness (QED) is 0.798. The Bertz CT molecular complexity index is 594. The summed E-state index contributed by atoms with van der Waals surface area (Å²) in [6.45, 7) is 5.22. The van der Waals surface area contributed by atoms with Crippen LogP contribution in [0.5, 0.6) is 5.75 Å². The fourth-order valence-electron chi connectivity index (χ4n) is 2.78. The van der Waals surface area contributed by atoms with E-state index in [0.717, 1.165) is 18.7 Å². The van der Waals surface area contributed by atoms with Crippen molar-refractivity contribution in [1.82, 2.24) is 9.80 Å². The predicted molar refractivity (Wildman–Crippen MR) is 83.1 cm³/mol. The molecule has 0 unspecified atom stereocenters. The number of carbonyl (C=O) groups excluding carboxylic acids is 2. The summed E-state index contributed by atoms with van der Waals surface area (Å²) in [4.78, 5) is 30.2. The number of amides is 2. The number of hydrogen-bond acceptors (Lipinski definition) is 4. The Morgan fingerprint density at radius 1 is 1.23 bits per heavy atom. The van der Waals surface area contributed by atoms with E-state index >= 15 is 0 Å². The third-order valence-electron chi connectivity index (χ3n) is 4.21. The Hall–Kier alpha value is -2.08. The van der Waals surface area contributed by atoms with Crippen molar-refractivity contribution >= 4 is 17.5 Å². The summed E-state index contributed by atoms with van der Waals surface area (Å²) < 4.78 is 5.44. The van der Waals surface area contributed by atoms with Crippen LogP contribution >= 0.6 is 0 Å².